The molecule has 0 aliphatic rings. The van der Waals surface area contributed by atoms with Gasteiger partial charge in [-0.1, -0.05) is 12.1 Å². The summed E-state index contributed by atoms with van der Waals surface area (Å²) in [4.78, 5) is 22.4. The lowest BCUT2D eigenvalue weighted by Gasteiger charge is -2.13. The Balaban J connectivity index is 1.66. The molecule has 0 spiro atoms. The molecule has 3 rings (SSSR count). The third-order valence-corrected chi connectivity index (χ3v) is 3.66. The van der Waals surface area contributed by atoms with Crippen molar-refractivity contribution in [3.63, 3.8) is 0 Å². The molecule has 0 atom stereocenters. The number of nitrogens with zero attached hydrogens (tertiary/aromatic N) is 3. The van der Waals surface area contributed by atoms with Gasteiger partial charge in [0, 0.05) is 25.5 Å². The molecule has 0 unspecified atom stereocenters. The van der Waals surface area contributed by atoms with Gasteiger partial charge in [-0.2, -0.15) is 0 Å². The Morgan fingerprint density at radius 3 is 2.35 bits per heavy atom. The minimum Gasteiger partial charge on any atom is -0.378 e. The van der Waals surface area contributed by atoms with E-state index in [0.29, 0.717) is 5.82 Å². The molecule has 7 heteroatoms. The minimum atomic E-state index is -0.524. The summed E-state index contributed by atoms with van der Waals surface area (Å²) in [6.45, 7) is 0. The fraction of sp³-hybridized carbons (Fsp3) is 0.105. The lowest BCUT2D eigenvalue weighted by Crippen LogP contribution is -2.15. The van der Waals surface area contributed by atoms with Crippen molar-refractivity contribution in [3.05, 3.63) is 72.4 Å². The van der Waals surface area contributed by atoms with Gasteiger partial charge in [0.1, 0.15) is 17.3 Å². The Morgan fingerprint density at radius 2 is 1.73 bits per heavy atom. The third kappa shape index (κ3) is 4.13. The van der Waals surface area contributed by atoms with Gasteiger partial charge in [-0.3, -0.25) is 4.79 Å². The zero-order valence-electron chi connectivity index (χ0n) is 14.4. The van der Waals surface area contributed by atoms with Crippen molar-refractivity contribution in [2.75, 3.05) is 29.6 Å². The van der Waals surface area contributed by atoms with Gasteiger partial charge < -0.3 is 15.5 Å². The maximum absolute atomic E-state index is 13.6. The molecule has 0 aliphatic heterocycles. The van der Waals surface area contributed by atoms with Crippen LogP contribution < -0.4 is 15.5 Å². The lowest BCUT2D eigenvalue weighted by atomic mass is 10.2. The van der Waals surface area contributed by atoms with Crippen LogP contribution in [-0.2, 0) is 0 Å². The minimum absolute atomic E-state index is 0.0989. The van der Waals surface area contributed by atoms with E-state index in [1.54, 1.807) is 12.1 Å². The van der Waals surface area contributed by atoms with E-state index in [4.69, 9.17) is 0 Å². The van der Waals surface area contributed by atoms with E-state index in [-0.39, 0.29) is 11.4 Å². The Morgan fingerprint density at radius 1 is 1.00 bits per heavy atom. The molecule has 2 N–H and O–H groups in total. The first kappa shape index (κ1) is 17.3. The van der Waals surface area contributed by atoms with Gasteiger partial charge in [0.2, 0.25) is 0 Å². The SMILES string of the molecule is CN(C)c1ccc(Nc2cnc(C(=O)Nc3ccccc3F)cn2)cc1. The second kappa shape index (κ2) is 7.60. The van der Waals surface area contributed by atoms with Gasteiger partial charge in [-0.15, -0.1) is 0 Å². The summed E-state index contributed by atoms with van der Waals surface area (Å²) >= 11 is 0. The number of hydrogen-bond acceptors (Lipinski definition) is 5. The highest BCUT2D eigenvalue weighted by molar-refractivity contribution is 6.02. The summed E-state index contributed by atoms with van der Waals surface area (Å²) in [6.07, 6.45) is 2.79. The highest BCUT2D eigenvalue weighted by Crippen LogP contribution is 2.19. The smallest absolute Gasteiger partial charge is 0.275 e. The summed E-state index contributed by atoms with van der Waals surface area (Å²) < 4.78 is 13.6. The van der Waals surface area contributed by atoms with Crippen LogP contribution >= 0.6 is 0 Å². The first-order chi connectivity index (χ1) is 12.5. The zero-order chi connectivity index (χ0) is 18.5. The Hall–Kier alpha value is -3.48. The molecule has 0 fully saturated rings. The van der Waals surface area contributed by atoms with E-state index in [2.05, 4.69) is 20.6 Å². The van der Waals surface area contributed by atoms with E-state index >= 15 is 0 Å². The van der Waals surface area contributed by atoms with Crippen LogP contribution in [0.1, 0.15) is 10.5 Å². The summed E-state index contributed by atoms with van der Waals surface area (Å²) in [6, 6.07) is 13.8. The molecule has 0 aliphatic carbocycles. The first-order valence-corrected chi connectivity index (χ1v) is 7.95. The lowest BCUT2D eigenvalue weighted by molar-refractivity contribution is 0.102. The molecule has 1 aromatic heterocycles. The highest BCUT2D eigenvalue weighted by Gasteiger charge is 2.11. The monoisotopic (exact) mass is 351 g/mol. The largest absolute Gasteiger partial charge is 0.378 e. The van der Waals surface area contributed by atoms with Crippen molar-refractivity contribution in [1.82, 2.24) is 9.97 Å². The van der Waals surface area contributed by atoms with Crippen LogP contribution in [0.5, 0.6) is 0 Å². The van der Waals surface area contributed by atoms with Crippen molar-refractivity contribution in [2.45, 2.75) is 0 Å². The number of para-hydroxylation sites is 1. The van der Waals surface area contributed by atoms with Crippen LogP contribution in [0.25, 0.3) is 0 Å². The highest BCUT2D eigenvalue weighted by atomic mass is 19.1. The maximum Gasteiger partial charge on any atom is 0.275 e. The summed E-state index contributed by atoms with van der Waals surface area (Å²) in [5, 5.41) is 5.58. The molecule has 0 radical (unpaired) electrons. The number of anilines is 4. The van der Waals surface area contributed by atoms with Gasteiger partial charge in [-0.25, -0.2) is 14.4 Å². The average Bonchev–Trinajstić information content (AvgIpc) is 2.64. The van der Waals surface area contributed by atoms with E-state index < -0.39 is 11.7 Å². The van der Waals surface area contributed by atoms with Crippen LogP contribution in [-0.4, -0.2) is 30.0 Å². The van der Waals surface area contributed by atoms with Gasteiger partial charge in [0.15, 0.2) is 0 Å². The van der Waals surface area contributed by atoms with Crippen LogP contribution in [0.2, 0.25) is 0 Å². The van der Waals surface area contributed by atoms with Gasteiger partial charge in [0.05, 0.1) is 18.1 Å². The Labute approximate surface area is 150 Å². The third-order valence-electron chi connectivity index (χ3n) is 3.66. The second-order valence-corrected chi connectivity index (χ2v) is 5.79. The van der Waals surface area contributed by atoms with Gasteiger partial charge in [-0.05, 0) is 36.4 Å². The Bertz CT molecular complexity index is 895. The number of benzene rings is 2. The molecule has 0 saturated carbocycles. The molecule has 6 nitrogen and oxygen atoms in total. The molecule has 2 aromatic carbocycles. The molecule has 26 heavy (non-hydrogen) atoms. The number of hydrogen-bond donors (Lipinski definition) is 2. The fourth-order valence-electron chi connectivity index (χ4n) is 2.25. The van der Waals surface area contributed by atoms with Crippen LogP contribution in [0.4, 0.5) is 27.3 Å². The normalized spacial score (nSPS) is 10.3. The molecule has 0 bridgehead atoms. The number of carbonyl (C=O) groups excluding carboxylic acids is 1. The number of rotatable bonds is 5. The second-order valence-electron chi connectivity index (χ2n) is 5.79. The molecule has 1 heterocycles. The number of halogens is 1. The molecular weight excluding hydrogens is 333 g/mol. The van der Waals surface area contributed by atoms with Gasteiger partial charge in [0.25, 0.3) is 5.91 Å². The van der Waals surface area contributed by atoms with Crippen LogP contribution in [0.15, 0.2) is 60.9 Å². The molecular formula is C19H18FN5O. The molecule has 132 valence electrons. The standard InChI is InChI=1S/C19H18FN5O/c1-25(2)14-9-7-13(8-10-14)23-18-12-21-17(11-22-18)19(26)24-16-6-4-3-5-15(16)20/h3-12H,1-2H3,(H,22,23)(H,24,26). The van der Waals surface area contributed by atoms with Crippen molar-refractivity contribution in [1.29, 1.82) is 0 Å². The topological polar surface area (TPSA) is 70.2 Å². The number of nitrogens with one attached hydrogen (secondary N) is 2. The average molecular weight is 351 g/mol. The van der Waals surface area contributed by atoms with Crippen molar-refractivity contribution >= 4 is 28.8 Å². The maximum atomic E-state index is 13.6. The molecule has 1 amide bonds. The number of carbonyl (C=O) groups is 1. The van der Waals surface area contributed by atoms with Crippen molar-refractivity contribution < 1.29 is 9.18 Å². The first-order valence-electron chi connectivity index (χ1n) is 7.95. The quantitative estimate of drug-likeness (QED) is 0.734. The Kier molecular flexibility index (Phi) is 5.07. The number of amides is 1. The summed E-state index contributed by atoms with van der Waals surface area (Å²) in [5.74, 6) is -0.525. The predicted octanol–water partition coefficient (Wildman–Crippen LogP) is 3.68. The summed E-state index contributed by atoms with van der Waals surface area (Å²) in [7, 11) is 3.94. The number of aromatic nitrogens is 2. The van der Waals surface area contributed by atoms with Crippen LogP contribution in [0.3, 0.4) is 0 Å². The zero-order valence-corrected chi connectivity index (χ0v) is 14.4. The predicted molar refractivity (Wildman–Crippen MR) is 100 cm³/mol. The molecule has 0 saturated heterocycles. The van der Waals surface area contributed by atoms with Gasteiger partial charge >= 0.3 is 0 Å². The van der Waals surface area contributed by atoms with E-state index in [1.165, 1.54) is 24.5 Å². The summed E-state index contributed by atoms with van der Waals surface area (Å²) in [5.41, 5.74) is 2.14. The van der Waals surface area contributed by atoms with E-state index in [1.807, 2.05) is 43.3 Å². The van der Waals surface area contributed by atoms with Crippen molar-refractivity contribution in [3.8, 4) is 0 Å². The van der Waals surface area contributed by atoms with E-state index in [9.17, 15) is 9.18 Å². The van der Waals surface area contributed by atoms with Crippen LogP contribution in [0, 0.1) is 5.82 Å². The van der Waals surface area contributed by atoms with Crippen molar-refractivity contribution in [2.24, 2.45) is 0 Å². The van der Waals surface area contributed by atoms with E-state index in [0.717, 1.165) is 11.4 Å². The fourth-order valence-corrected chi connectivity index (χ4v) is 2.25. The molecule has 3 aromatic rings.